The van der Waals surface area contributed by atoms with Crippen molar-refractivity contribution >= 4 is 17.7 Å². The predicted octanol–water partition coefficient (Wildman–Crippen LogP) is -0.894. The minimum atomic E-state index is -0.509. The third-order valence-electron chi connectivity index (χ3n) is 3.83. The second kappa shape index (κ2) is 5.06. The van der Waals surface area contributed by atoms with Crippen LogP contribution in [0.1, 0.15) is 20.3 Å². The zero-order chi connectivity index (χ0) is 13.3. The first-order chi connectivity index (χ1) is 8.54. The van der Waals surface area contributed by atoms with Gasteiger partial charge in [0, 0.05) is 5.92 Å². The van der Waals surface area contributed by atoms with Crippen LogP contribution in [-0.2, 0) is 14.4 Å². The van der Waals surface area contributed by atoms with Gasteiger partial charge < -0.3 is 10.2 Å². The molecule has 2 aliphatic heterocycles. The standard InChI is InChI=1S/C12H19N3O3/c1-3-9-11(17)14-10(16)6-15(9)12(18)7(2)8-4-13-5-8/h7-9,13H,3-6H2,1-2H3,(H,14,16,17). The molecule has 2 rings (SSSR count). The molecule has 0 saturated carbocycles. The Kier molecular flexibility index (Phi) is 3.65. The molecule has 100 valence electrons. The lowest BCUT2D eigenvalue weighted by atomic mass is 9.87. The van der Waals surface area contributed by atoms with Crippen LogP contribution in [0, 0.1) is 11.8 Å². The highest BCUT2D eigenvalue weighted by Gasteiger charge is 2.39. The summed E-state index contributed by atoms with van der Waals surface area (Å²) in [6, 6.07) is -0.509. The van der Waals surface area contributed by atoms with Gasteiger partial charge in [0.15, 0.2) is 0 Å². The molecule has 0 aromatic carbocycles. The summed E-state index contributed by atoms with van der Waals surface area (Å²) in [5, 5.41) is 5.40. The Morgan fingerprint density at radius 1 is 1.44 bits per heavy atom. The van der Waals surface area contributed by atoms with Crippen molar-refractivity contribution in [3.05, 3.63) is 0 Å². The molecule has 6 nitrogen and oxygen atoms in total. The minimum absolute atomic E-state index is 0.00638. The molecule has 6 heteroatoms. The van der Waals surface area contributed by atoms with Gasteiger partial charge in [-0.15, -0.1) is 0 Å². The number of nitrogens with one attached hydrogen (secondary N) is 2. The Morgan fingerprint density at radius 2 is 2.11 bits per heavy atom. The van der Waals surface area contributed by atoms with Crippen LogP contribution in [0.5, 0.6) is 0 Å². The minimum Gasteiger partial charge on any atom is -0.321 e. The number of amides is 3. The van der Waals surface area contributed by atoms with Crippen molar-refractivity contribution in [1.29, 1.82) is 0 Å². The number of hydrogen-bond acceptors (Lipinski definition) is 4. The summed E-state index contributed by atoms with van der Waals surface area (Å²) in [5.41, 5.74) is 0. The highest BCUT2D eigenvalue weighted by molar-refractivity contribution is 6.04. The van der Waals surface area contributed by atoms with E-state index in [1.807, 2.05) is 13.8 Å². The van der Waals surface area contributed by atoms with Crippen molar-refractivity contribution in [2.45, 2.75) is 26.3 Å². The van der Waals surface area contributed by atoms with Crippen molar-refractivity contribution < 1.29 is 14.4 Å². The van der Waals surface area contributed by atoms with E-state index in [0.29, 0.717) is 12.3 Å². The van der Waals surface area contributed by atoms with Gasteiger partial charge in [0.2, 0.25) is 17.7 Å². The van der Waals surface area contributed by atoms with Crippen LogP contribution in [-0.4, -0.2) is 48.3 Å². The molecule has 3 amide bonds. The summed E-state index contributed by atoms with van der Waals surface area (Å²) in [5.74, 6) is -0.663. The molecule has 0 radical (unpaired) electrons. The van der Waals surface area contributed by atoms with Crippen molar-refractivity contribution in [2.24, 2.45) is 11.8 Å². The summed E-state index contributed by atoms with van der Waals surface area (Å²) < 4.78 is 0. The molecule has 0 spiro atoms. The van der Waals surface area contributed by atoms with Crippen molar-refractivity contribution in [1.82, 2.24) is 15.5 Å². The van der Waals surface area contributed by atoms with Crippen LogP contribution < -0.4 is 10.6 Å². The number of piperazine rings is 1. The van der Waals surface area contributed by atoms with E-state index in [4.69, 9.17) is 0 Å². The molecule has 0 aromatic rings. The maximum absolute atomic E-state index is 12.4. The number of rotatable bonds is 3. The number of nitrogens with zero attached hydrogens (tertiary/aromatic N) is 1. The summed E-state index contributed by atoms with van der Waals surface area (Å²) in [6.07, 6.45) is 0.528. The molecule has 18 heavy (non-hydrogen) atoms. The monoisotopic (exact) mass is 253 g/mol. The molecule has 0 aromatic heterocycles. The molecule has 2 saturated heterocycles. The second-order valence-corrected chi connectivity index (χ2v) is 5.01. The average molecular weight is 253 g/mol. The molecule has 2 unspecified atom stereocenters. The summed E-state index contributed by atoms with van der Waals surface area (Å²) in [7, 11) is 0. The highest BCUT2D eigenvalue weighted by atomic mass is 16.2. The molecule has 2 aliphatic rings. The van der Waals surface area contributed by atoms with Gasteiger partial charge in [-0.25, -0.2) is 0 Å². The molecule has 0 aliphatic carbocycles. The summed E-state index contributed by atoms with van der Waals surface area (Å²) in [4.78, 5) is 36.9. The maximum atomic E-state index is 12.4. The van der Waals surface area contributed by atoms with E-state index in [9.17, 15) is 14.4 Å². The Morgan fingerprint density at radius 3 is 2.61 bits per heavy atom. The molecule has 2 N–H and O–H groups in total. The molecule has 0 bridgehead atoms. The van der Waals surface area contributed by atoms with Gasteiger partial charge in [-0.05, 0) is 25.4 Å². The molecule has 2 atom stereocenters. The number of carbonyl (C=O) groups is 3. The van der Waals surface area contributed by atoms with Gasteiger partial charge >= 0.3 is 0 Å². The van der Waals surface area contributed by atoms with Crippen LogP contribution in [0.2, 0.25) is 0 Å². The van der Waals surface area contributed by atoms with Crippen LogP contribution >= 0.6 is 0 Å². The van der Waals surface area contributed by atoms with Crippen molar-refractivity contribution in [3.63, 3.8) is 0 Å². The SMILES string of the molecule is CCC1C(=O)NC(=O)CN1C(=O)C(C)C1CNC1. The van der Waals surface area contributed by atoms with E-state index in [2.05, 4.69) is 10.6 Å². The zero-order valence-electron chi connectivity index (χ0n) is 10.7. The highest BCUT2D eigenvalue weighted by Crippen LogP contribution is 2.21. The number of hydrogen-bond donors (Lipinski definition) is 2. The Labute approximate surface area is 106 Å². The second-order valence-electron chi connectivity index (χ2n) is 5.01. The fourth-order valence-electron chi connectivity index (χ4n) is 2.43. The third kappa shape index (κ3) is 2.25. The van der Waals surface area contributed by atoms with Crippen LogP contribution in [0.4, 0.5) is 0 Å². The first-order valence-corrected chi connectivity index (χ1v) is 6.39. The lowest BCUT2D eigenvalue weighted by molar-refractivity contribution is -0.153. The van der Waals surface area contributed by atoms with Crippen LogP contribution in [0.15, 0.2) is 0 Å². The zero-order valence-corrected chi connectivity index (χ0v) is 10.7. The Bertz CT molecular complexity index is 379. The summed E-state index contributed by atoms with van der Waals surface area (Å²) in [6.45, 7) is 5.37. The van der Waals surface area contributed by atoms with E-state index in [1.54, 1.807) is 0 Å². The van der Waals surface area contributed by atoms with Crippen molar-refractivity contribution in [3.8, 4) is 0 Å². The third-order valence-corrected chi connectivity index (χ3v) is 3.83. The molecular formula is C12H19N3O3. The first-order valence-electron chi connectivity index (χ1n) is 6.39. The van der Waals surface area contributed by atoms with E-state index in [0.717, 1.165) is 13.1 Å². The van der Waals surface area contributed by atoms with Gasteiger partial charge in [-0.2, -0.15) is 0 Å². The van der Waals surface area contributed by atoms with Crippen molar-refractivity contribution in [2.75, 3.05) is 19.6 Å². The van der Waals surface area contributed by atoms with E-state index >= 15 is 0 Å². The van der Waals surface area contributed by atoms with Gasteiger partial charge in [0.25, 0.3) is 0 Å². The van der Waals surface area contributed by atoms with Gasteiger partial charge in [-0.1, -0.05) is 13.8 Å². The number of imide groups is 1. The van der Waals surface area contributed by atoms with E-state index < -0.39 is 11.9 Å². The Balaban J connectivity index is 2.10. The van der Waals surface area contributed by atoms with Gasteiger partial charge in [0.1, 0.15) is 12.6 Å². The molecule has 2 fully saturated rings. The fraction of sp³-hybridized carbons (Fsp3) is 0.750. The largest absolute Gasteiger partial charge is 0.321 e. The number of carbonyl (C=O) groups excluding carboxylic acids is 3. The Hall–Kier alpha value is -1.43. The topological polar surface area (TPSA) is 78.5 Å². The first kappa shape index (κ1) is 13.0. The average Bonchev–Trinajstić information content (AvgIpc) is 2.24. The quantitative estimate of drug-likeness (QED) is 0.639. The maximum Gasteiger partial charge on any atom is 0.249 e. The smallest absolute Gasteiger partial charge is 0.249 e. The lowest BCUT2D eigenvalue weighted by Gasteiger charge is -2.39. The van der Waals surface area contributed by atoms with E-state index in [1.165, 1.54) is 4.90 Å². The van der Waals surface area contributed by atoms with Crippen LogP contribution in [0.25, 0.3) is 0 Å². The lowest BCUT2D eigenvalue weighted by Crippen LogP contribution is -2.62. The normalized spacial score (nSPS) is 26.6. The predicted molar refractivity (Wildman–Crippen MR) is 64.5 cm³/mol. The van der Waals surface area contributed by atoms with E-state index in [-0.39, 0.29) is 24.3 Å². The molecule has 2 heterocycles. The summed E-state index contributed by atoms with van der Waals surface area (Å²) >= 11 is 0. The van der Waals surface area contributed by atoms with Gasteiger partial charge in [-0.3, -0.25) is 19.7 Å². The fourth-order valence-corrected chi connectivity index (χ4v) is 2.43. The van der Waals surface area contributed by atoms with Crippen LogP contribution in [0.3, 0.4) is 0 Å². The van der Waals surface area contributed by atoms with Gasteiger partial charge in [0.05, 0.1) is 0 Å². The molecular weight excluding hydrogens is 234 g/mol.